The van der Waals surface area contributed by atoms with Gasteiger partial charge >= 0.3 is 0 Å². The molecule has 0 radical (unpaired) electrons. The maximum atomic E-state index is 6.18. The van der Waals surface area contributed by atoms with Gasteiger partial charge in [0, 0.05) is 0 Å². The molecule has 2 heteroatoms. The zero-order chi connectivity index (χ0) is 9.52. The van der Waals surface area contributed by atoms with Crippen molar-refractivity contribution >= 4 is 25.3 Å². The summed E-state index contributed by atoms with van der Waals surface area (Å²) in [4.78, 5) is 0. The predicted molar refractivity (Wildman–Crippen MR) is 63.6 cm³/mol. The minimum atomic E-state index is -1.08. The third kappa shape index (κ3) is 4.30. The fourth-order valence-electron chi connectivity index (χ4n) is 1.15. The van der Waals surface area contributed by atoms with E-state index in [1.165, 1.54) is 18.0 Å². The largest absolute Gasteiger partial charge is 0.166 e. The van der Waals surface area contributed by atoms with Crippen LogP contribution in [0.15, 0.2) is 36.0 Å². The van der Waals surface area contributed by atoms with Gasteiger partial charge in [-0.25, -0.2) is 0 Å². The van der Waals surface area contributed by atoms with Gasteiger partial charge in [0.25, 0.3) is 0 Å². The quantitative estimate of drug-likeness (QED) is 0.526. The van der Waals surface area contributed by atoms with Gasteiger partial charge in [-0.15, -0.1) is 0 Å². The molecule has 70 valence electrons. The van der Waals surface area contributed by atoms with Crippen molar-refractivity contribution < 1.29 is 0 Å². The van der Waals surface area contributed by atoms with Crippen molar-refractivity contribution in [2.24, 2.45) is 0 Å². The topological polar surface area (TPSA) is 0 Å². The van der Waals surface area contributed by atoms with E-state index in [1.807, 2.05) is 18.2 Å². The van der Waals surface area contributed by atoms with Gasteiger partial charge in [-0.1, -0.05) is 55.5 Å². The first-order valence-corrected chi connectivity index (χ1v) is 7.93. The Kier molecular flexibility index (Phi) is 4.87. The number of benzene rings is 1. The van der Waals surface area contributed by atoms with E-state index < -0.39 is 8.11 Å². The van der Waals surface area contributed by atoms with Crippen molar-refractivity contribution in [1.82, 2.24) is 0 Å². The maximum absolute atomic E-state index is 6.18. The summed E-state index contributed by atoms with van der Waals surface area (Å²) in [5.74, 6) is 0. The normalized spacial score (nSPS) is 13.4. The zero-order valence-corrected chi connectivity index (χ0v) is 9.82. The second-order valence-electron chi connectivity index (χ2n) is 3.07. The van der Waals surface area contributed by atoms with Gasteiger partial charge in [0.15, 0.2) is 8.11 Å². The van der Waals surface area contributed by atoms with E-state index in [2.05, 4.69) is 30.8 Å². The van der Waals surface area contributed by atoms with Gasteiger partial charge in [-0.05, 0) is 11.6 Å². The molecule has 0 aliphatic rings. The number of hydrogen-bond donors (Lipinski definition) is 0. The predicted octanol–water partition coefficient (Wildman–Crippen LogP) is 3.61. The van der Waals surface area contributed by atoms with Crippen LogP contribution in [0.3, 0.4) is 0 Å². The van der Waals surface area contributed by atoms with Gasteiger partial charge in [-0.3, -0.25) is 0 Å². The van der Waals surface area contributed by atoms with Crippen LogP contribution in [0.4, 0.5) is 0 Å². The summed E-state index contributed by atoms with van der Waals surface area (Å²) in [6.07, 6.45) is 3.33. The molecular formula is C11H15ClSi. The highest BCUT2D eigenvalue weighted by atomic mass is 35.6. The number of rotatable bonds is 4. The smallest absolute Gasteiger partial charge is 0.164 e. The van der Waals surface area contributed by atoms with Crippen molar-refractivity contribution in [2.45, 2.75) is 19.4 Å². The second kappa shape index (κ2) is 6.00. The summed E-state index contributed by atoms with van der Waals surface area (Å²) in [5.41, 5.74) is 3.44. The van der Waals surface area contributed by atoms with Crippen molar-refractivity contribution in [1.29, 1.82) is 0 Å². The summed E-state index contributed by atoms with van der Waals surface area (Å²) in [7, 11) is -1.08. The molecule has 0 N–H and O–H groups in total. The van der Waals surface area contributed by atoms with Crippen molar-refractivity contribution in [3.8, 4) is 0 Å². The Bertz CT molecular complexity index is 256. The molecule has 0 aromatic heterocycles. The minimum absolute atomic E-state index is 1.08. The third-order valence-electron chi connectivity index (χ3n) is 1.86. The molecule has 0 aliphatic carbocycles. The van der Waals surface area contributed by atoms with Crippen LogP contribution in [-0.4, -0.2) is 8.11 Å². The van der Waals surface area contributed by atoms with Crippen molar-refractivity contribution in [3.63, 3.8) is 0 Å². The standard InChI is InChI=1S/C11H15ClSi/c1-2-9-13(12)10-8-11-6-4-3-5-7-11/h3-8,10,13H,2,9H2,1H3. The van der Waals surface area contributed by atoms with Crippen LogP contribution in [0.1, 0.15) is 18.9 Å². The highest BCUT2D eigenvalue weighted by molar-refractivity contribution is 7.10. The summed E-state index contributed by atoms with van der Waals surface area (Å²) in [6.45, 7) is 2.18. The molecule has 0 nitrogen and oxygen atoms in total. The molecule has 0 saturated carbocycles. The molecule has 1 rings (SSSR count). The van der Waals surface area contributed by atoms with E-state index in [-0.39, 0.29) is 0 Å². The van der Waals surface area contributed by atoms with Gasteiger partial charge in [0.05, 0.1) is 0 Å². The molecule has 0 amide bonds. The van der Waals surface area contributed by atoms with E-state index in [0.29, 0.717) is 0 Å². The lowest BCUT2D eigenvalue weighted by molar-refractivity contribution is 1.07. The average Bonchev–Trinajstić information content (AvgIpc) is 2.17. The zero-order valence-electron chi connectivity index (χ0n) is 7.91. The lowest BCUT2D eigenvalue weighted by atomic mass is 10.2. The molecule has 1 unspecified atom stereocenters. The van der Waals surface area contributed by atoms with E-state index in [1.54, 1.807) is 0 Å². The molecule has 0 saturated heterocycles. The van der Waals surface area contributed by atoms with Crippen molar-refractivity contribution in [2.75, 3.05) is 0 Å². The highest BCUT2D eigenvalue weighted by Crippen LogP contribution is 2.07. The summed E-state index contributed by atoms with van der Waals surface area (Å²) in [6, 6.07) is 11.5. The molecule has 0 heterocycles. The molecular weight excluding hydrogens is 196 g/mol. The Hall–Kier alpha value is -0.533. The monoisotopic (exact) mass is 210 g/mol. The van der Waals surface area contributed by atoms with Gasteiger partial charge in [0.1, 0.15) is 0 Å². The Morgan fingerprint density at radius 2 is 2.00 bits per heavy atom. The molecule has 0 spiro atoms. The Morgan fingerprint density at radius 1 is 1.31 bits per heavy atom. The Balaban J connectivity index is 2.49. The van der Waals surface area contributed by atoms with Gasteiger partial charge in [-0.2, -0.15) is 11.1 Å². The molecule has 0 fully saturated rings. The lowest BCUT2D eigenvalue weighted by Gasteiger charge is -1.97. The van der Waals surface area contributed by atoms with Crippen LogP contribution in [0.25, 0.3) is 6.08 Å². The summed E-state index contributed by atoms with van der Waals surface area (Å²) < 4.78 is 0. The first kappa shape index (κ1) is 10.5. The minimum Gasteiger partial charge on any atom is -0.166 e. The fourth-order valence-corrected chi connectivity index (χ4v) is 3.20. The molecule has 1 aromatic carbocycles. The van der Waals surface area contributed by atoms with E-state index in [4.69, 9.17) is 11.1 Å². The van der Waals surface area contributed by atoms with Crippen LogP contribution >= 0.6 is 11.1 Å². The fraction of sp³-hybridized carbons (Fsp3) is 0.273. The van der Waals surface area contributed by atoms with Gasteiger partial charge in [0.2, 0.25) is 0 Å². The molecule has 1 atom stereocenters. The molecule has 0 bridgehead atoms. The van der Waals surface area contributed by atoms with Crippen molar-refractivity contribution in [3.05, 3.63) is 41.6 Å². The van der Waals surface area contributed by atoms with Gasteiger partial charge < -0.3 is 0 Å². The SMILES string of the molecule is CCC[SiH](Cl)C=Cc1ccccc1. The second-order valence-corrected chi connectivity index (χ2v) is 6.75. The molecule has 1 aromatic rings. The van der Waals surface area contributed by atoms with Crippen LogP contribution in [0.5, 0.6) is 0 Å². The Labute approximate surface area is 86.6 Å². The maximum Gasteiger partial charge on any atom is 0.164 e. The number of hydrogen-bond acceptors (Lipinski definition) is 0. The highest BCUT2D eigenvalue weighted by Gasteiger charge is 1.98. The lowest BCUT2D eigenvalue weighted by Crippen LogP contribution is -1.96. The third-order valence-corrected chi connectivity index (χ3v) is 4.69. The average molecular weight is 211 g/mol. The van der Waals surface area contributed by atoms with Crippen LogP contribution in [0, 0.1) is 0 Å². The first-order chi connectivity index (χ1) is 6.33. The van der Waals surface area contributed by atoms with E-state index in [0.717, 1.165) is 0 Å². The first-order valence-electron chi connectivity index (χ1n) is 4.70. The summed E-state index contributed by atoms with van der Waals surface area (Å²) >= 11 is 6.18. The Morgan fingerprint density at radius 3 is 2.62 bits per heavy atom. The van der Waals surface area contributed by atoms with Crippen LogP contribution in [-0.2, 0) is 0 Å². The molecule has 13 heavy (non-hydrogen) atoms. The summed E-state index contributed by atoms with van der Waals surface area (Å²) in [5, 5.41) is 0. The number of halogens is 1. The van der Waals surface area contributed by atoms with E-state index >= 15 is 0 Å². The van der Waals surface area contributed by atoms with Crippen LogP contribution in [0.2, 0.25) is 6.04 Å². The van der Waals surface area contributed by atoms with E-state index in [9.17, 15) is 0 Å². The van der Waals surface area contributed by atoms with Crippen LogP contribution < -0.4 is 0 Å². The molecule has 0 aliphatic heterocycles.